The Bertz CT molecular complexity index is 574. The van der Waals surface area contributed by atoms with Crippen LogP contribution in [0.15, 0.2) is 23.9 Å². The highest BCUT2D eigenvalue weighted by Gasteiger charge is 2.62. The number of halogens is 3. The van der Waals surface area contributed by atoms with Gasteiger partial charge in [0, 0.05) is 18.7 Å². The number of alkyl halides is 3. The highest BCUT2D eigenvalue weighted by Crippen LogP contribution is 2.52. The normalized spacial score (nSPS) is 20.8. The smallest absolute Gasteiger partial charge is 0.372 e. The number of benzene rings is 1. The molecule has 0 heterocycles. The summed E-state index contributed by atoms with van der Waals surface area (Å²) in [5, 5.41) is 10.7. The zero-order valence-corrected chi connectivity index (χ0v) is 13.2. The minimum Gasteiger partial charge on any atom is -0.372 e. The minimum absolute atomic E-state index is 0.0327. The predicted octanol–water partition coefficient (Wildman–Crippen LogP) is 4.22. The first kappa shape index (κ1) is 16.9. The van der Waals surface area contributed by atoms with Gasteiger partial charge in [0.15, 0.2) is 0 Å². The average molecular weight is 313 g/mol. The van der Waals surface area contributed by atoms with Gasteiger partial charge in [-0.25, -0.2) is 0 Å². The zero-order valence-electron chi connectivity index (χ0n) is 13.2. The summed E-state index contributed by atoms with van der Waals surface area (Å²) in [5.74, 6) is 0. The average Bonchev–Trinajstić information content (AvgIpc) is 2.74. The van der Waals surface area contributed by atoms with Crippen molar-refractivity contribution in [3.63, 3.8) is 0 Å². The van der Waals surface area contributed by atoms with Crippen molar-refractivity contribution < 1.29 is 18.3 Å². The van der Waals surface area contributed by atoms with Crippen LogP contribution in [0.1, 0.15) is 43.4 Å². The molecule has 22 heavy (non-hydrogen) atoms. The third-order valence-electron chi connectivity index (χ3n) is 4.07. The van der Waals surface area contributed by atoms with Crippen LogP contribution < -0.4 is 0 Å². The maximum absolute atomic E-state index is 13.8. The van der Waals surface area contributed by atoms with Gasteiger partial charge in [-0.15, -0.1) is 0 Å². The number of hydrogen-bond donors (Lipinski definition) is 1. The largest absolute Gasteiger partial charge is 0.427 e. The Hall–Kier alpha value is -1.49. The molecule has 1 aromatic rings. The number of aliphatic hydroxyl groups is 1. The molecule has 122 valence electrons. The van der Waals surface area contributed by atoms with Crippen molar-refractivity contribution in [2.45, 2.75) is 45.4 Å². The molecule has 1 N–H and O–H groups in total. The lowest BCUT2D eigenvalue weighted by atomic mass is 9.88. The van der Waals surface area contributed by atoms with Crippen molar-refractivity contribution in [1.82, 2.24) is 4.90 Å². The van der Waals surface area contributed by atoms with E-state index in [2.05, 4.69) is 0 Å². The van der Waals surface area contributed by atoms with Gasteiger partial charge in [0.2, 0.25) is 5.60 Å². The molecule has 1 unspecified atom stereocenters. The van der Waals surface area contributed by atoms with Crippen molar-refractivity contribution in [3.8, 4) is 0 Å². The van der Waals surface area contributed by atoms with Gasteiger partial charge in [-0.3, -0.25) is 0 Å². The molecule has 0 saturated heterocycles. The zero-order chi connectivity index (χ0) is 16.5. The van der Waals surface area contributed by atoms with Gasteiger partial charge in [0.1, 0.15) is 0 Å². The van der Waals surface area contributed by atoms with E-state index in [1.807, 2.05) is 13.8 Å². The lowest BCUT2D eigenvalue weighted by molar-refractivity contribution is -0.255. The van der Waals surface area contributed by atoms with Crippen LogP contribution in [0.3, 0.4) is 0 Å². The molecular formula is C17H22F3NO. The number of hydrogen-bond acceptors (Lipinski definition) is 2. The standard InChI is InChI=1S/C17H22F3NO/c1-4-9-21(10-5-2)14-11-13-8-6-7-12(3)15(13)16(14,22)17(18,19)20/h6-8,11,22H,4-5,9-10H2,1-3H3. The Morgan fingerprint density at radius 2 is 1.73 bits per heavy atom. The van der Waals surface area contributed by atoms with Crippen LogP contribution in [0.25, 0.3) is 6.08 Å². The first-order valence-corrected chi connectivity index (χ1v) is 7.63. The Kier molecular flexibility index (Phi) is 4.57. The van der Waals surface area contributed by atoms with Crippen LogP contribution in [-0.2, 0) is 5.60 Å². The molecule has 0 aromatic heterocycles. The van der Waals surface area contributed by atoms with E-state index in [0.29, 0.717) is 24.2 Å². The highest BCUT2D eigenvalue weighted by atomic mass is 19.4. The van der Waals surface area contributed by atoms with E-state index in [-0.39, 0.29) is 11.3 Å². The summed E-state index contributed by atoms with van der Waals surface area (Å²) in [7, 11) is 0. The van der Waals surface area contributed by atoms with E-state index in [1.54, 1.807) is 30.0 Å². The third kappa shape index (κ3) is 2.51. The van der Waals surface area contributed by atoms with Crippen LogP contribution >= 0.6 is 0 Å². The van der Waals surface area contributed by atoms with Crippen LogP contribution in [0.2, 0.25) is 0 Å². The molecule has 2 nitrogen and oxygen atoms in total. The minimum atomic E-state index is -4.75. The molecule has 2 rings (SSSR count). The molecule has 0 fully saturated rings. The van der Waals surface area contributed by atoms with E-state index in [1.165, 1.54) is 6.08 Å². The summed E-state index contributed by atoms with van der Waals surface area (Å²) >= 11 is 0. The lowest BCUT2D eigenvalue weighted by Gasteiger charge is -2.37. The van der Waals surface area contributed by atoms with E-state index in [9.17, 15) is 18.3 Å². The Labute approximate surface area is 129 Å². The molecule has 0 spiro atoms. The van der Waals surface area contributed by atoms with Crippen LogP contribution in [-0.4, -0.2) is 29.3 Å². The first-order chi connectivity index (χ1) is 10.3. The predicted molar refractivity (Wildman–Crippen MR) is 81.3 cm³/mol. The van der Waals surface area contributed by atoms with Crippen molar-refractivity contribution in [1.29, 1.82) is 0 Å². The molecule has 0 aliphatic heterocycles. The van der Waals surface area contributed by atoms with Gasteiger partial charge in [0.25, 0.3) is 0 Å². The van der Waals surface area contributed by atoms with Gasteiger partial charge in [-0.05, 0) is 37.0 Å². The van der Waals surface area contributed by atoms with Crippen LogP contribution in [0.4, 0.5) is 13.2 Å². The molecule has 0 saturated carbocycles. The van der Waals surface area contributed by atoms with Gasteiger partial charge < -0.3 is 10.0 Å². The molecular weight excluding hydrogens is 291 g/mol. The second kappa shape index (κ2) is 5.95. The maximum atomic E-state index is 13.8. The molecule has 0 amide bonds. The van der Waals surface area contributed by atoms with Gasteiger partial charge in [0.05, 0.1) is 5.70 Å². The number of fused-ring (bicyclic) bond motifs is 1. The van der Waals surface area contributed by atoms with Crippen molar-refractivity contribution in [2.75, 3.05) is 13.1 Å². The summed E-state index contributed by atoms with van der Waals surface area (Å²) in [4.78, 5) is 1.66. The van der Waals surface area contributed by atoms with Crippen LogP contribution in [0.5, 0.6) is 0 Å². The van der Waals surface area contributed by atoms with E-state index in [4.69, 9.17) is 0 Å². The number of rotatable bonds is 5. The fourth-order valence-corrected chi connectivity index (χ4v) is 3.18. The second-order valence-corrected chi connectivity index (χ2v) is 5.76. The molecule has 0 radical (unpaired) electrons. The van der Waals surface area contributed by atoms with E-state index in [0.717, 1.165) is 12.8 Å². The maximum Gasteiger partial charge on any atom is 0.427 e. The van der Waals surface area contributed by atoms with E-state index >= 15 is 0 Å². The summed E-state index contributed by atoms with van der Waals surface area (Å²) in [5.41, 5.74) is -2.09. The first-order valence-electron chi connectivity index (χ1n) is 7.63. The summed E-state index contributed by atoms with van der Waals surface area (Å²) in [6.45, 7) is 6.43. The number of aryl methyl sites for hydroxylation is 1. The van der Waals surface area contributed by atoms with Gasteiger partial charge in [-0.2, -0.15) is 13.2 Å². The fraction of sp³-hybridized carbons (Fsp3) is 0.529. The summed E-state index contributed by atoms with van der Waals surface area (Å²) in [6.07, 6.45) is -1.82. The highest BCUT2D eigenvalue weighted by molar-refractivity contribution is 5.70. The summed E-state index contributed by atoms with van der Waals surface area (Å²) < 4.78 is 41.3. The quantitative estimate of drug-likeness (QED) is 0.880. The number of nitrogens with zero attached hydrogens (tertiary/aromatic N) is 1. The fourth-order valence-electron chi connectivity index (χ4n) is 3.18. The van der Waals surface area contributed by atoms with Gasteiger partial charge >= 0.3 is 6.18 Å². The molecule has 5 heteroatoms. The summed E-state index contributed by atoms with van der Waals surface area (Å²) in [6, 6.07) is 4.95. The molecule has 1 aliphatic carbocycles. The Morgan fingerprint density at radius 3 is 2.23 bits per heavy atom. The van der Waals surface area contributed by atoms with Crippen molar-refractivity contribution in [3.05, 3.63) is 40.6 Å². The molecule has 1 aromatic carbocycles. The topological polar surface area (TPSA) is 23.5 Å². The van der Waals surface area contributed by atoms with Crippen molar-refractivity contribution in [2.24, 2.45) is 0 Å². The molecule has 0 bridgehead atoms. The monoisotopic (exact) mass is 313 g/mol. The van der Waals surface area contributed by atoms with E-state index < -0.39 is 11.8 Å². The van der Waals surface area contributed by atoms with Crippen LogP contribution in [0, 0.1) is 6.92 Å². The third-order valence-corrected chi connectivity index (χ3v) is 4.07. The molecule has 1 aliphatic rings. The van der Waals surface area contributed by atoms with Crippen molar-refractivity contribution >= 4 is 6.08 Å². The lowest BCUT2D eigenvalue weighted by Crippen LogP contribution is -2.48. The SMILES string of the molecule is CCCN(CCC)C1=Cc2cccc(C)c2C1(O)C(F)(F)F. The Balaban J connectivity index is 2.61. The second-order valence-electron chi connectivity index (χ2n) is 5.76. The molecule has 1 atom stereocenters. The Morgan fingerprint density at radius 1 is 1.14 bits per heavy atom. The van der Waals surface area contributed by atoms with Gasteiger partial charge in [-0.1, -0.05) is 32.0 Å².